The van der Waals surface area contributed by atoms with Crippen LogP contribution in [0.5, 0.6) is 0 Å². The summed E-state index contributed by atoms with van der Waals surface area (Å²) >= 11 is 8.71. The van der Waals surface area contributed by atoms with E-state index in [9.17, 15) is 8.78 Å². The van der Waals surface area contributed by atoms with Crippen LogP contribution in [0, 0.1) is 11.6 Å². The Balaban J connectivity index is 2.13. The van der Waals surface area contributed by atoms with E-state index in [1.54, 1.807) is 0 Å². The Bertz CT molecular complexity index is 540. The highest BCUT2D eigenvalue weighted by atomic mass is 79.9. The fraction of sp³-hybridized carbons (Fsp3) is 0.0909. The van der Waals surface area contributed by atoms with E-state index in [0.29, 0.717) is 0 Å². The zero-order valence-corrected chi connectivity index (χ0v) is 11.3. The molecule has 0 fully saturated rings. The third-order valence-electron chi connectivity index (χ3n) is 2.15. The SMILES string of the molecule is Fc1cc(Cl)cc(F)c1CNc1ncc(Br)cn1. The van der Waals surface area contributed by atoms with Gasteiger partial charge in [0.15, 0.2) is 0 Å². The molecule has 0 unspecified atom stereocenters. The Labute approximate surface area is 115 Å². The second-order valence-corrected chi connectivity index (χ2v) is 4.78. The second kappa shape index (κ2) is 5.58. The quantitative estimate of drug-likeness (QED) is 0.928. The van der Waals surface area contributed by atoms with Crippen molar-refractivity contribution in [1.82, 2.24) is 9.97 Å². The number of nitrogens with one attached hydrogen (secondary N) is 1. The Kier molecular flexibility index (Phi) is 4.08. The molecule has 18 heavy (non-hydrogen) atoms. The standard InChI is InChI=1S/C11H7BrClF2N3/c12-6-3-16-11(17-4-6)18-5-8-9(14)1-7(13)2-10(8)15/h1-4H,5H2,(H,16,17,18). The first-order chi connectivity index (χ1) is 8.56. The van der Waals surface area contributed by atoms with Gasteiger partial charge >= 0.3 is 0 Å². The third kappa shape index (κ3) is 3.14. The summed E-state index contributed by atoms with van der Waals surface area (Å²) in [5.41, 5.74) is -0.106. The van der Waals surface area contributed by atoms with Crippen molar-refractivity contribution < 1.29 is 8.78 Å². The lowest BCUT2D eigenvalue weighted by atomic mass is 10.2. The maximum atomic E-state index is 13.5. The van der Waals surface area contributed by atoms with E-state index in [-0.39, 0.29) is 23.1 Å². The summed E-state index contributed by atoms with van der Waals surface area (Å²) < 4.78 is 27.7. The van der Waals surface area contributed by atoms with Gasteiger partial charge in [-0.15, -0.1) is 0 Å². The molecule has 94 valence electrons. The van der Waals surface area contributed by atoms with Gasteiger partial charge < -0.3 is 5.32 Å². The van der Waals surface area contributed by atoms with Crippen LogP contribution in [0.2, 0.25) is 5.02 Å². The van der Waals surface area contributed by atoms with Crippen LogP contribution in [0.15, 0.2) is 29.0 Å². The van der Waals surface area contributed by atoms with Crippen LogP contribution >= 0.6 is 27.5 Å². The maximum Gasteiger partial charge on any atom is 0.222 e. The first-order valence-corrected chi connectivity index (χ1v) is 6.08. The van der Waals surface area contributed by atoms with Gasteiger partial charge in [-0.2, -0.15) is 0 Å². The van der Waals surface area contributed by atoms with Gasteiger partial charge in [0.2, 0.25) is 5.95 Å². The molecule has 1 aromatic carbocycles. The highest BCUT2D eigenvalue weighted by molar-refractivity contribution is 9.10. The van der Waals surface area contributed by atoms with Gasteiger partial charge in [-0.05, 0) is 28.1 Å². The molecule has 2 aromatic rings. The molecular formula is C11H7BrClF2N3. The molecule has 0 radical (unpaired) electrons. The largest absolute Gasteiger partial charge is 0.350 e. The Morgan fingerprint density at radius 3 is 2.28 bits per heavy atom. The first kappa shape index (κ1) is 13.2. The highest BCUT2D eigenvalue weighted by Gasteiger charge is 2.10. The van der Waals surface area contributed by atoms with E-state index < -0.39 is 11.6 Å². The zero-order valence-electron chi connectivity index (χ0n) is 8.92. The summed E-state index contributed by atoms with van der Waals surface area (Å²) in [5.74, 6) is -1.12. The van der Waals surface area contributed by atoms with E-state index in [1.165, 1.54) is 12.4 Å². The average molecular weight is 335 g/mol. The van der Waals surface area contributed by atoms with Gasteiger partial charge in [-0.3, -0.25) is 0 Å². The molecule has 0 saturated heterocycles. The van der Waals surface area contributed by atoms with Crippen molar-refractivity contribution in [2.75, 3.05) is 5.32 Å². The number of hydrogen-bond donors (Lipinski definition) is 1. The molecule has 0 atom stereocenters. The predicted octanol–water partition coefficient (Wildman–Crippen LogP) is 3.78. The van der Waals surface area contributed by atoms with Crippen molar-refractivity contribution in [3.8, 4) is 0 Å². The van der Waals surface area contributed by atoms with E-state index in [4.69, 9.17) is 11.6 Å². The van der Waals surface area contributed by atoms with Gasteiger partial charge in [0, 0.05) is 29.5 Å². The zero-order chi connectivity index (χ0) is 13.1. The molecule has 1 heterocycles. The van der Waals surface area contributed by atoms with Gasteiger partial charge in [0.1, 0.15) is 11.6 Å². The monoisotopic (exact) mass is 333 g/mol. The number of anilines is 1. The lowest BCUT2D eigenvalue weighted by molar-refractivity contribution is 0.560. The van der Waals surface area contributed by atoms with Crippen molar-refractivity contribution in [1.29, 1.82) is 0 Å². The Hall–Kier alpha value is -1.27. The van der Waals surface area contributed by atoms with Crippen LogP contribution < -0.4 is 5.32 Å². The van der Waals surface area contributed by atoms with Crippen LogP contribution in [0.25, 0.3) is 0 Å². The maximum absolute atomic E-state index is 13.5. The lowest BCUT2D eigenvalue weighted by Crippen LogP contribution is -2.07. The highest BCUT2D eigenvalue weighted by Crippen LogP contribution is 2.19. The molecule has 7 heteroatoms. The summed E-state index contributed by atoms with van der Waals surface area (Å²) in [4.78, 5) is 7.86. The topological polar surface area (TPSA) is 37.8 Å². The van der Waals surface area contributed by atoms with Gasteiger partial charge in [-0.1, -0.05) is 11.6 Å². The summed E-state index contributed by atoms with van der Waals surface area (Å²) in [6, 6.07) is 2.12. The number of benzene rings is 1. The number of aromatic nitrogens is 2. The normalized spacial score (nSPS) is 10.4. The molecule has 0 saturated carbocycles. The Morgan fingerprint density at radius 1 is 1.17 bits per heavy atom. The van der Waals surface area contributed by atoms with E-state index in [2.05, 4.69) is 31.2 Å². The van der Waals surface area contributed by atoms with Crippen molar-refractivity contribution in [2.45, 2.75) is 6.54 Å². The minimum Gasteiger partial charge on any atom is -0.350 e. The molecular weight excluding hydrogens is 327 g/mol. The minimum absolute atomic E-state index is 0.0219. The van der Waals surface area contributed by atoms with Crippen molar-refractivity contribution >= 4 is 33.5 Å². The summed E-state index contributed by atoms with van der Waals surface area (Å²) in [7, 11) is 0. The second-order valence-electron chi connectivity index (χ2n) is 3.43. The van der Waals surface area contributed by atoms with Crippen LogP contribution in [-0.2, 0) is 6.54 Å². The molecule has 0 bridgehead atoms. The summed E-state index contributed by atoms with van der Waals surface area (Å²) in [5, 5.41) is 2.75. The van der Waals surface area contributed by atoms with Crippen LogP contribution in [0.4, 0.5) is 14.7 Å². The van der Waals surface area contributed by atoms with E-state index in [0.717, 1.165) is 16.6 Å². The molecule has 0 aliphatic carbocycles. The number of halogens is 4. The van der Waals surface area contributed by atoms with Crippen molar-refractivity contribution in [3.05, 3.63) is 51.2 Å². The van der Waals surface area contributed by atoms with Gasteiger partial charge in [0.05, 0.1) is 4.47 Å². The number of nitrogens with zero attached hydrogens (tertiary/aromatic N) is 2. The molecule has 2 rings (SSSR count). The van der Waals surface area contributed by atoms with E-state index in [1.807, 2.05) is 0 Å². The lowest BCUT2D eigenvalue weighted by Gasteiger charge is -2.07. The molecule has 1 N–H and O–H groups in total. The molecule has 0 aliphatic rings. The molecule has 0 aliphatic heterocycles. The molecule has 0 spiro atoms. The summed E-state index contributed by atoms with van der Waals surface area (Å²) in [6.07, 6.45) is 3.06. The van der Waals surface area contributed by atoms with Crippen molar-refractivity contribution in [3.63, 3.8) is 0 Å². The smallest absolute Gasteiger partial charge is 0.222 e. The van der Waals surface area contributed by atoms with Crippen LogP contribution in [-0.4, -0.2) is 9.97 Å². The van der Waals surface area contributed by atoms with Crippen molar-refractivity contribution in [2.24, 2.45) is 0 Å². The van der Waals surface area contributed by atoms with E-state index >= 15 is 0 Å². The number of hydrogen-bond acceptors (Lipinski definition) is 3. The van der Waals surface area contributed by atoms with Crippen LogP contribution in [0.1, 0.15) is 5.56 Å². The first-order valence-electron chi connectivity index (χ1n) is 4.91. The summed E-state index contributed by atoms with van der Waals surface area (Å²) in [6.45, 7) is -0.0591. The fourth-order valence-electron chi connectivity index (χ4n) is 1.31. The predicted molar refractivity (Wildman–Crippen MR) is 68.4 cm³/mol. The van der Waals surface area contributed by atoms with Gasteiger partial charge in [0.25, 0.3) is 0 Å². The van der Waals surface area contributed by atoms with Gasteiger partial charge in [-0.25, -0.2) is 18.7 Å². The molecule has 0 amide bonds. The molecule has 1 aromatic heterocycles. The average Bonchev–Trinajstić information content (AvgIpc) is 2.30. The van der Waals surface area contributed by atoms with Crippen LogP contribution in [0.3, 0.4) is 0 Å². The Morgan fingerprint density at radius 2 is 1.72 bits per heavy atom. The number of rotatable bonds is 3. The molecule has 3 nitrogen and oxygen atoms in total. The fourth-order valence-corrected chi connectivity index (χ4v) is 1.71. The third-order valence-corrected chi connectivity index (χ3v) is 2.78. The minimum atomic E-state index is -0.704.